The zero-order valence-electron chi connectivity index (χ0n) is 9.68. The summed E-state index contributed by atoms with van der Waals surface area (Å²) in [6, 6.07) is 0. The van der Waals surface area contributed by atoms with Gasteiger partial charge < -0.3 is 9.73 Å². The van der Waals surface area contributed by atoms with E-state index < -0.39 is 0 Å². The van der Waals surface area contributed by atoms with Gasteiger partial charge in [-0.2, -0.15) is 0 Å². The minimum absolute atomic E-state index is 0.0221. The van der Waals surface area contributed by atoms with Crippen molar-refractivity contribution in [1.82, 2.24) is 0 Å². The van der Waals surface area contributed by atoms with E-state index in [1.54, 1.807) is 20.0 Å². The van der Waals surface area contributed by atoms with Gasteiger partial charge in [0.1, 0.15) is 17.7 Å². The highest BCUT2D eigenvalue weighted by atomic mass is 16.3. The summed E-state index contributed by atoms with van der Waals surface area (Å²) in [7, 11) is 1.70. The fraction of sp³-hybridized carbons (Fsp3) is 0.417. The van der Waals surface area contributed by atoms with Crippen LogP contribution in [0.3, 0.4) is 0 Å². The lowest BCUT2D eigenvalue weighted by molar-refractivity contribution is 0.488. The summed E-state index contributed by atoms with van der Waals surface area (Å²) in [5, 5.41) is 2.82. The second-order valence-corrected chi connectivity index (χ2v) is 4.09. The minimum atomic E-state index is -0.377. The summed E-state index contributed by atoms with van der Waals surface area (Å²) >= 11 is 0. The molecule has 0 radical (unpaired) electrons. The van der Waals surface area contributed by atoms with Crippen molar-refractivity contribution < 1.29 is 4.42 Å². The van der Waals surface area contributed by atoms with Crippen LogP contribution in [0.1, 0.15) is 25.2 Å². The molecule has 1 heterocycles. The summed E-state index contributed by atoms with van der Waals surface area (Å²) in [6.45, 7) is 9.42. The lowest BCUT2D eigenvalue weighted by Crippen LogP contribution is -2.26. The molecular formula is C12H17NO2. The van der Waals surface area contributed by atoms with Crippen molar-refractivity contribution in [3.8, 4) is 0 Å². The molecule has 3 heteroatoms. The van der Waals surface area contributed by atoms with Crippen molar-refractivity contribution in [2.24, 2.45) is 0 Å². The van der Waals surface area contributed by atoms with Gasteiger partial charge in [-0.05, 0) is 6.92 Å². The second-order valence-electron chi connectivity index (χ2n) is 4.09. The van der Waals surface area contributed by atoms with Crippen molar-refractivity contribution in [1.29, 1.82) is 0 Å². The van der Waals surface area contributed by atoms with E-state index in [0.717, 1.165) is 0 Å². The molecule has 15 heavy (non-hydrogen) atoms. The fourth-order valence-corrected chi connectivity index (χ4v) is 1.58. The smallest absolute Gasteiger partial charge is 0.212 e. The predicted octanol–water partition coefficient (Wildman–Crippen LogP) is 2.45. The molecule has 0 saturated heterocycles. The number of hydrogen-bond acceptors (Lipinski definition) is 3. The molecule has 1 aromatic heterocycles. The molecule has 1 N–H and O–H groups in total. The van der Waals surface area contributed by atoms with Crippen LogP contribution in [0.25, 0.3) is 0 Å². The topological polar surface area (TPSA) is 42.2 Å². The van der Waals surface area contributed by atoms with Crippen LogP contribution in [0.5, 0.6) is 0 Å². The Bertz CT molecular complexity index is 430. The third kappa shape index (κ3) is 1.96. The fourth-order valence-electron chi connectivity index (χ4n) is 1.58. The van der Waals surface area contributed by atoms with Gasteiger partial charge in [0, 0.05) is 18.0 Å². The standard InChI is InChI=1S/C12H17NO2/c1-6-12(3,4)10-8(2)15-7-9(13-5)11(10)14/h6-7,13H,1H2,2-5H3. The molecule has 1 rings (SSSR count). The molecule has 0 aromatic carbocycles. The van der Waals surface area contributed by atoms with Crippen LogP contribution in [-0.4, -0.2) is 7.05 Å². The molecule has 0 aliphatic heterocycles. The van der Waals surface area contributed by atoms with Crippen LogP contribution in [0.15, 0.2) is 28.1 Å². The van der Waals surface area contributed by atoms with Crippen LogP contribution >= 0.6 is 0 Å². The van der Waals surface area contributed by atoms with Gasteiger partial charge in [0.25, 0.3) is 0 Å². The van der Waals surface area contributed by atoms with Crippen molar-refractivity contribution in [3.05, 3.63) is 40.5 Å². The highest BCUT2D eigenvalue weighted by molar-refractivity contribution is 5.45. The molecular weight excluding hydrogens is 190 g/mol. The molecule has 0 aliphatic rings. The SMILES string of the molecule is C=CC(C)(C)c1c(C)occ(NC)c1=O. The Morgan fingerprint density at radius 1 is 1.53 bits per heavy atom. The van der Waals surface area contributed by atoms with Crippen LogP contribution < -0.4 is 10.7 Å². The molecule has 0 fully saturated rings. The number of hydrogen-bond donors (Lipinski definition) is 1. The maximum atomic E-state index is 12.1. The minimum Gasteiger partial charge on any atom is -0.467 e. The summed E-state index contributed by atoms with van der Waals surface area (Å²) in [4.78, 5) is 12.1. The summed E-state index contributed by atoms with van der Waals surface area (Å²) in [5.74, 6) is 0.643. The van der Waals surface area contributed by atoms with Crippen molar-refractivity contribution in [2.45, 2.75) is 26.2 Å². The van der Waals surface area contributed by atoms with Gasteiger partial charge in [-0.25, -0.2) is 0 Å². The normalized spacial score (nSPS) is 11.2. The van der Waals surface area contributed by atoms with E-state index in [0.29, 0.717) is 17.0 Å². The maximum absolute atomic E-state index is 12.1. The Kier molecular flexibility index (Phi) is 3.03. The number of aryl methyl sites for hydroxylation is 1. The lowest BCUT2D eigenvalue weighted by atomic mass is 9.84. The molecule has 0 unspecified atom stereocenters. The van der Waals surface area contributed by atoms with Gasteiger partial charge in [0.2, 0.25) is 5.43 Å². The first-order chi connectivity index (χ1) is 6.94. The van der Waals surface area contributed by atoms with Crippen molar-refractivity contribution in [3.63, 3.8) is 0 Å². The number of rotatable bonds is 3. The average Bonchev–Trinajstić information content (AvgIpc) is 2.18. The molecule has 1 aromatic rings. The third-order valence-electron chi connectivity index (χ3n) is 2.60. The predicted molar refractivity (Wildman–Crippen MR) is 62.5 cm³/mol. The second kappa shape index (κ2) is 3.93. The van der Waals surface area contributed by atoms with E-state index in [2.05, 4.69) is 11.9 Å². The molecule has 0 bridgehead atoms. The van der Waals surface area contributed by atoms with Gasteiger partial charge in [-0.15, -0.1) is 6.58 Å². The summed E-state index contributed by atoms with van der Waals surface area (Å²) < 4.78 is 5.34. The Labute approximate surface area is 89.8 Å². The Balaban J connectivity index is 3.53. The van der Waals surface area contributed by atoms with Crippen LogP contribution in [0, 0.1) is 6.92 Å². The van der Waals surface area contributed by atoms with Gasteiger partial charge in [0.05, 0.1) is 0 Å². The molecule has 0 spiro atoms. The maximum Gasteiger partial charge on any atom is 0.212 e. The lowest BCUT2D eigenvalue weighted by Gasteiger charge is -2.21. The van der Waals surface area contributed by atoms with Crippen molar-refractivity contribution in [2.75, 3.05) is 12.4 Å². The molecule has 0 saturated carbocycles. The van der Waals surface area contributed by atoms with Gasteiger partial charge in [-0.1, -0.05) is 19.9 Å². The molecule has 3 nitrogen and oxygen atoms in total. The van der Waals surface area contributed by atoms with Crippen LogP contribution in [0.4, 0.5) is 5.69 Å². The Morgan fingerprint density at radius 3 is 2.60 bits per heavy atom. The largest absolute Gasteiger partial charge is 0.467 e. The highest BCUT2D eigenvalue weighted by Gasteiger charge is 2.24. The average molecular weight is 207 g/mol. The van der Waals surface area contributed by atoms with E-state index in [1.807, 2.05) is 13.8 Å². The van der Waals surface area contributed by atoms with E-state index in [4.69, 9.17) is 4.42 Å². The Morgan fingerprint density at radius 2 is 2.13 bits per heavy atom. The van der Waals surface area contributed by atoms with Crippen molar-refractivity contribution >= 4 is 5.69 Å². The zero-order chi connectivity index (χ0) is 11.6. The quantitative estimate of drug-likeness (QED) is 0.774. The number of anilines is 1. The third-order valence-corrected chi connectivity index (χ3v) is 2.60. The number of nitrogens with one attached hydrogen (secondary N) is 1. The van der Waals surface area contributed by atoms with Crippen LogP contribution in [0.2, 0.25) is 0 Å². The van der Waals surface area contributed by atoms with Gasteiger partial charge in [0.15, 0.2) is 0 Å². The van der Waals surface area contributed by atoms with E-state index >= 15 is 0 Å². The molecule has 0 amide bonds. The summed E-state index contributed by atoms with van der Waals surface area (Å²) in [5.41, 5.74) is 0.735. The first kappa shape index (κ1) is 11.6. The molecule has 0 atom stereocenters. The van der Waals surface area contributed by atoms with E-state index in [9.17, 15) is 4.79 Å². The zero-order valence-corrected chi connectivity index (χ0v) is 9.68. The van der Waals surface area contributed by atoms with Crippen LogP contribution in [-0.2, 0) is 5.41 Å². The molecule has 0 aliphatic carbocycles. The van der Waals surface area contributed by atoms with E-state index in [-0.39, 0.29) is 10.8 Å². The Hall–Kier alpha value is -1.51. The monoisotopic (exact) mass is 207 g/mol. The first-order valence-corrected chi connectivity index (χ1v) is 4.88. The highest BCUT2D eigenvalue weighted by Crippen LogP contribution is 2.25. The van der Waals surface area contributed by atoms with Gasteiger partial charge in [-0.3, -0.25) is 4.79 Å². The molecule has 82 valence electrons. The number of allylic oxidation sites excluding steroid dienone is 1. The van der Waals surface area contributed by atoms with E-state index in [1.165, 1.54) is 6.26 Å². The first-order valence-electron chi connectivity index (χ1n) is 4.88. The summed E-state index contributed by atoms with van der Waals surface area (Å²) in [6.07, 6.45) is 3.20. The van der Waals surface area contributed by atoms with Gasteiger partial charge >= 0.3 is 0 Å².